The number of amides is 1. The molecule has 0 unspecified atom stereocenters. The van der Waals surface area contributed by atoms with Crippen LogP contribution in [-0.4, -0.2) is 20.4 Å². The highest BCUT2D eigenvalue weighted by Gasteiger charge is 2.21. The van der Waals surface area contributed by atoms with Crippen LogP contribution >= 0.6 is 0 Å². The van der Waals surface area contributed by atoms with E-state index in [0.717, 1.165) is 43.2 Å². The van der Waals surface area contributed by atoms with Gasteiger partial charge >= 0.3 is 0 Å². The lowest BCUT2D eigenvalue weighted by molar-refractivity contribution is 0.0937. The van der Waals surface area contributed by atoms with Crippen molar-refractivity contribution < 1.29 is 13.2 Å². The maximum absolute atomic E-state index is 12.9. The summed E-state index contributed by atoms with van der Waals surface area (Å²) >= 11 is 0. The van der Waals surface area contributed by atoms with Crippen LogP contribution in [0.3, 0.4) is 0 Å². The Balaban J connectivity index is 1.84. The summed E-state index contributed by atoms with van der Waals surface area (Å²) < 4.78 is 28.5. The largest absolute Gasteiger partial charge is 0.349 e. The van der Waals surface area contributed by atoms with Crippen LogP contribution in [0, 0.1) is 6.92 Å². The van der Waals surface area contributed by atoms with Crippen molar-refractivity contribution >= 4 is 21.6 Å². The fourth-order valence-corrected chi connectivity index (χ4v) is 4.72. The zero-order valence-electron chi connectivity index (χ0n) is 15.8. The Hall–Kier alpha value is -2.34. The number of hydrogen-bond donors (Lipinski definition) is 2. The molecule has 6 heteroatoms. The van der Waals surface area contributed by atoms with Gasteiger partial charge in [0.15, 0.2) is 0 Å². The van der Waals surface area contributed by atoms with E-state index in [1.807, 2.05) is 32.0 Å². The van der Waals surface area contributed by atoms with Crippen molar-refractivity contribution in [3.05, 3.63) is 59.2 Å². The molecule has 1 aliphatic carbocycles. The molecule has 1 fully saturated rings. The van der Waals surface area contributed by atoms with Crippen molar-refractivity contribution in [1.29, 1.82) is 0 Å². The number of sulfonamides is 1. The minimum Gasteiger partial charge on any atom is -0.349 e. The Morgan fingerprint density at radius 2 is 1.81 bits per heavy atom. The predicted molar refractivity (Wildman–Crippen MR) is 108 cm³/mol. The fraction of sp³-hybridized carbons (Fsp3) is 0.381. The molecule has 144 valence electrons. The van der Waals surface area contributed by atoms with Crippen molar-refractivity contribution in [2.75, 3.05) is 4.72 Å². The van der Waals surface area contributed by atoms with Gasteiger partial charge < -0.3 is 5.32 Å². The summed E-state index contributed by atoms with van der Waals surface area (Å²) in [4.78, 5) is 12.6. The highest BCUT2D eigenvalue weighted by atomic mass is 32.2. The van der Waals surface area contributed by atoms with E-state index in [2.05, 4.69) is 10.0 Å². The van der Waals surface area contributed by atoms with Gasteiger partial charge in [0.25, 0.3) is 15.9 Å². The third-order valence-electron chi connectivity index (χ3n) is 5.07. The normalized spacial score (nSPS) is 14.9. The molecule has 0 aliphatic heterocycles. The molecule has 0 bridgehead atoms. The van der Waals surface area contributed by atoms with Gasteiger partial charge in [-0.15, -0.1) is 0 Å². The lowest BCUT2D eigenvalue weighted by atomic mass is 10.1. The summed E-state index contributed by atoms with van der Waals surface area (Å²) in [5.74, 6) is -0.218. The van der Waals surface area contributed by atoms with Gasteiger partial charge in [0.2, 0.25) is 0 Å². The van der Waals surface area contributed by atoms with E-state index in [9.17, 15) is 13.2 Å². The van der Waals surface area contributed by atoms with E-state index >= 15 is 0 Å². The third-order valence-corrected chi connectivity index (χ3v) is 6.42. The number of rotatable bonds is 6. The molecule has 0 saturated heterocycles. The molecule has 0 radical (unpaired) electrons. The van der Waals surface area contributed by atoms with E-state index < -0.39 is 10.0 Å². The van der Waals surface area contributed by atoms with E-state index in [4.69, 9.17) is 0 Å². The maximum atomic E-state index is 12.9. The van der Waals surface area contributed by atoms with Gasteiger partial charge in [-0.2, -0.15) is 0 Å². The number of anilines is 1. The first-order valence-corrected chi connectivity index (χ1v) is 10.9. The predicted octanol–water partition coefficient (Wildman–Crippen LogP) is 4.03. The monoisotopic (exact) mass is 386 g/mol. The molecular formula is C21H26N2O3S. The third kappa shape index (κ3) is 4.50. The van der Waals surface area contributed by atoms with Crippen LogP contribution in [0.15, 0.2) is 47.4 Å². The quantitative estimate of drug-likeness (QED) is 0.787. The van der Waals surface area contributed by atoms with Crippen molar-refractivity contribution in [1.82, 2.24) is 5.32 Å². The molecule has 27 heavy (non-hydrogen) atoms. The average molecular weight is 387 g/mol. The Bertz CT molecular complexity index is 932. The van der Waals surface area contributed by atoms with Gasteiger partial charge in [-0.3, -0.25) is 9.52 Å². The van der Waals surface area contributed by atoms with Crippen molar-refractivity contribution in [3.8, 4) is 0 Å². The van der Waals surface area contributed by atoms with Crippen LogP contribution in [-0.2, 0) is 16.4 Å². The van der Waals surface area contributed by atoms with Crippen LogP contribution < -0.4 is 10.0 Å². The molecule has 5 nitrogen and oxygen atoms in total. The second-order valence-electron chi connectivity index (χ2n) is 7.05. The Morgan fingerprint density at radius 3 is 2.52 bits per heavy atom. The SMILES string of the molecule is CCc1cccc(C)c1NS(=O)(=O)c1cccc(C(=O)NC2CCCC2)c1. The van der Waals surface area contributed by atoms with Crippen LogP contribution in [0.1, 0.15) is 54.1 Å². The molecule has 1 amide bonds. The van der Waals surface area contributed by atoms with E-state index in [-0.39, 0.29) is 16.8 Å². The second-order valence-corrected chi connectivity index (χ2v) is 8.73. The Kier molecular flexibility index (Phi) is 5.85. The first-order valence-electron chi connectivity index (χ1n) is 9.43. The molecule has 1 aliphatic rings. The van der Waals surface area contributed by atoms with Crippen LogP contribution in [0.4, 0.5) is 5.69 Å². The number of aryl methyl sites for hydroxylation is 2. The van der Waals surface area contributed by atoms with Crippen LogP contribution in [0.25, 0.3) is 0 Å². The highest BCUT2D eigenvalue weighted by molar-refractivity contribution is 7.92. The zero-order chi connectivity index (χ0) is 19.4. The van der Waals surface area contributed by atoms with Gasteiger partial charge in [-0.25, -0.2) is 8.42 Å². The molecule has 0 heterocycles. The number of hydrogen-bond acceptors (Lipinski definition) is 3. The standard InChI is InChI=1S/C21H26N2O3S/c1-3-16-9-6-8-15(2)20(16)23-27(25,26)19-13-7-10-17(14-19)21(24)22-18-11-4-5-12-18/h6-10,13-14,18,23H,3-5,11-12H2,1-2H3,(H,22,24). The van der Waals surface area contributed by atoms with E-state index in [1.165, 1.54) is 12.1 Å². The molecule has 0 spiro atoms. The lowest BCUT2D eigenvalue weighted by Crippen LogP contribution is -2.32. The first-order chi connectivity index (χ1) is 12.9. The zero-order valence-corrected chi connectivity index (χ0v) is 16.6. The fourth-order valence-electron chi connectivity index (χ4n) is 3.51. The smallest absolute Gasteiger partial charge is 0.261 e. The Labute approximate surface area is 161 Å². The minimum atomic E-state index is -3.78. The van der Waals surface area contributed by atoms with Gasteiger partial charge in [0.05, 0.1) is 10.6 Å². The Morgan fingerprint density at radius 1 is 1.11 bits per heavy atom. The summed E-state index contributed by atoms with van der Waals surface area (Å²) in [7, 11) is -3.78. The molecule has 2 aromatic carbocycles. The number of nitrogens with one attached hydrogen (secondary N) is 2. The summed E-state index contributed by atoms with van der Waals surface area (Å²) in [6.45, 7) is 3.86. The first kappa shape index (κ1) is 19.4. The van der Waals surface area contributed by atoms with Gasteiger partial charge in [0, 0.05) is 11.6 Å². The number of carbonyl (C=O) groups is 1. The molecule has 3 rings (SSSR count). The van der Waals surface area contributed by atoms with Crippen molar-refractivity contribution in [2.45, 2.75) is 56.9 Å². The minimum absolute atomic E-state index is 0.0897. The van der Waals surface area contributed by atoms with Gasteiger partial charge in [-0.05, 0) is 55.5 Å². The lowest BCUT2D eigenvalue weighted by Gasteiger charge is -2.15. The molecule has 2 aromatic rings. The summed E-state index contributed by atoms with van der Waals surface area (Å²) in [6.07, 6.45) is 4.94. The molecule has 1 saturated carbocycles. The average Bonchev–Trinajstić information content (AvgIpc) is 3.16. The van der Waals surface area contributed by atoms with Gasteiger partial charge in [-0.1, -0.05) is 44.0 Å². The number of benzene rings is 2. The van der Waals surface area contributed by atoms with Crippen LogP contribution in [0.5, 0.6) is 0 Å². The van der Waals surface area contributed by atoms with Crippen LogP contribution in [0.2, 0.25) is 0 Å². The van der Waals surface area contributed by atoms with Gasteiger partial charge in [0.1, 0.15) is 0 Å². The summed E-state index contributed by atoms with van der Waals surface area (Å²) in [6, 6.07) is 12.1. The number of carbonyl (C=O) groups excluding carboxylic acids is 1. The van der Waals surface area contributed by atoms with E-state index in [1.54, 1.807) is 12.1 Å². The molecular weight excluding hydrogens is 360 g/mol. The number of para-hydroxylation sites is 1. The maximum Gasteiger partial charge on any atom is 0.261 e. The highest BCUT2D eigenvalue weighted by Crippen LogP contribution is 2.25. The van der Waals surface area contributed by atoms with E-state index in [0.29, 0.717) is 11.3 Å². The summed E-state index contributed by atoms with van der Waals surface area (Å²) in [5.41, 5.74) is 2.79. The van der Waals surface area contributed by atoms with Crippen molar-refractivity contribution in [3.63, 3.8) is 0 Å². The molecule has 0 aromatic heterocycles. The molecule has 0 atom stereocenters. The topological polar surface area (TPSA) is 75.3 Å². The summed E-state index contributed by atoms with van der Waals surface area (Å²) in [5, 5.41) is 3.00. The van der Waals surface area contributed by atoms with Crippen molar-refractivity contribution in [2.24, 2.45) is 0 Å². The second kappa shape index (κ2) is 8.13. The molecule has 2 N–H and O–H groups in total.